The molecule has 0 saturated carbocycles. The number of carbonyl (C=O) groups is 2. The molecule has 0 aliphatic carbocycles. The number of halogens is 1. The molecular weight excluding hydrogens is 316 g/mol. The number of rotatable bonds is 7. The number of amides is 2. The molecule has 0 spiro atoms. The second kappa shape index (κ2) is 9.40. The van der Waals surface area contributed by atoms with Gasteiger partial charge in [0.05, 0.1) is 0 Å². The van der Waals surface area contributed by atoms with E-state index in [-0.39, 0.29) is 18.4 Å². The third-order valence-corrected chi connectivity index (χ3v) is 4.03. The lowest BCUT2D eigenvalue weighted by Gasteiger charge is -2.20. The van der Waals surface area contributed by atoms with Crippen LogP contribution in [-0.2, 0) is 9.59 Å². The molecule has 2 amide bonds. The molecule has 23 heavy (non-hydrogen) atoms. The fourth-order valence-electron chi connectivity index (χ4n) is 2.50. The van der Waals surface area contributed by atoms with Gasteiger partial charge >= 0.3 is 0 Å². The van der Waals surface area contributed by atoms with Gasteiger partial charge in [-0.05, 0) is 43.5 Å². The number of nitrogens with one attached hydrogen (secondary N) is 1. The largest absolute Gasteiger partial charge is 0.484 e. The van der Waals surface area contributed by atoms with Gasteiger partial charge in [0.15, 0.2) is 6.61 Å². The highest BCUT2D eigenvalue weighted by Crippen LogP contribution is 2.15. The van der Waals surface area contributed by atoms with Crippen LogP contribution in [-0.4, -0.2) is 43.0 Å². The highest BCUT2D eigenvalue weighted by Gasteiger charge is 2.15. The van der Waals surface area contributed by atoms with E-state index >= 15 is 0 Å². The normalized spacial score (nSPS) is 15.2. The summed E-state index contributed by atoms with van der Waals surface area (Å²) in [6.45, 7) is 2.07. The molecule has 0 bridgehead atoms. The minimum atomic E-state index is -0.165. The molecule has 0 radical (unpaired) electrons. The van der Waals surface area contributed by atoms with Crippen LogP contribution in [0.2, 0.25) is 5.02 Å². The first-order chi connectivity index (χ1) is 11.1. The van der Waals surface area contributed by atoms with Crippen LogP contribution in [0, 0.1) is 0 Å². The van der Waals surface area contributed by atoms with Crippen molar-refractivity contribution < 1.29 is 14.3 Å². The molecular formula is C17H23ClN2O3. The number of benzene rings is 1. The molecule has 1 aliphatic heterocycles. The number of carbonyl (C=O) groups excluding carboxylic acids is 2. The van der Waals surface area contributed by atoms with E-state index in [0.29, 0.717) is 30.3 Å². The minimum absolute atomic E-state index is 0.0235. The van der Waals surface area contributed by atoms with Crippen molar-refractivity contribution in [2.75, 3.05) is 26.2 Å². The lowest BCUT2D eigenvalue weighted by molar-refractivity contribution is -0.130. The first-order valence-corrected chi connectivity index (χ1v) is 8.46. The average molecular weight is 339 g/mol. The zero-order valence-electron chi connectivity index (χ0n) is 13.2. The van der Waals surface area contributed by atoms with E-state index in [0.717, 1.165) is 32.2 Å². The molecule has 1 N–H and O–H groups in total. The molecule has 1 fully saturated rings. The Balaban J connectivity index is 1.59. The fraction of sp³-hybridized carbons (Fsp3) is 0.529. The third-order valence-electron chi connectivity index (χ3n) is 3.78. The topological polar surface area (TPSA) is 58.6 Å². The molecule has 6 heteroatoms. The molecule has 126 valence electrons. The number of nitrogens with zero attached hydrogens (tertiary/aromatic N) is 1. The van der Waals surface area contributed by atoms with Crippen LogP contribution in [0.15, 0.2) is 24.3 Å². The van der Waals surface area contributed by atoms with Gasteiger partial charge in [-0.1, -0.05) is 18.0 Å². The molecule has 1 heterocycles. The van der Waals surface area contributed by atoms with Crippen molar-refractivity contribution in [3.63, 3.8) is 0 Å². The quantitative estimate of drug-likeness (QED) is 0.777. The summed E-state index contributed by atoms with van der Waals surface area (Å²) in [5.41, 5.74) is 0. The Kier molecular flexibility index (Phi) is 7.20. The van der Waals surface area contributed by atoms with E-state index in [4.69, 9.17) is 16.3 Å². The van der Waals surface area contributed by atoms with Crippen molar-refractivity contribution >= 4 is 23.4 Å². The average Bonchev–Trinajstić information content (AvgIpc) is 2.75. The van der Waals surface area contributed by atoms with Crippen molar-refractivity contribution in [3.05, 3.63) is 29.3 Å². The molecule has 1 aromatic rings. The highest BCUT2D eigenvalue weighted by atomic mass is 35.5. The van der Waals surface area contributed by atoms with Crippen molar-refractivity contribution in [3.8, 4) is 5.75 Å². The maximum absolute atomic E-state index is 11.8. The number of hydrogen-bond donors (Lipinski definition) is 1. The van der Waals surface area contributed by atoms with Gasteiger partial charge in [0, 0.05) is 31.1 Å². The summed E-state index contributed by atoms with van der Waals surface area (Å²) < 4.78 is 5.37. The molecule has 0 aromatic heterocycles. The van der Waals surface area contributed by atoms with E-state index in [1.165, 1.54) is 0 Å². The van der Waals surface area contributed by atoms with Crippen LogP contribution >= 0.6 is 11.6 Å². The van der Waals surface area contributed by atoms with Crippen LogP contribution in [0.4, 0.5) is 0 Å². The summed E-state index contributed by atoms with van der Waals surface area (Å²) >= 11 is 5.78. The predicted molar refractivity (Wildman–Crippen MR) is 89.6 cm³/mol. The lowest BCUT2D eigenvalue weighted by atomic mass is 10.2. The van der Waals surface area contributed by atoms with E-state index in [2.05, 4.69) is 5.32 Å². The first-order valence-electron chi connectivity index (χ1n) is 8.08. The van der Waals surface area contributed by atoms with Crippen molar-refractivity contribution in [2.24, 2.45) is 0 Å². The Labute approximate surface area is 141 Å². The standard InChI is InChI=1S/C17H23ClN2O3/c18-14-6-8-15(9-7-14)23-13-16(21)19-10-4-12-20-11-3-1-2-5-17(20)22/h6-9H,1-5,10-13H2,(H,19,21). The smallest absolute Gasteiger partial charge is 0.257 e. The number of likely N-dealkylation sites (tertiary alicyclic amines) is 1. The molecule has 2 rings (SSSR count). The Morgan fingerprint density at radius 3 is 2.78 bits per heavy atom. The zero-order valence-corrected chi connectivity index (χ0v) is 14.0. The lowest BCUT2D eigenvalue weighted by Crippen LogP contribution is -2.35. The molecule has 1 saturated heterocycles. The van der Waals surface area contributed by atoms with E-state index in [9.17, 15) is 9.59 Å². The predicted octanol–water partition coefficient (Wildman–Crippen LogP) is 2.63. The Morgan fingerprint density at radius 2 is 2.00 bits per heavy atom. The van der Waals surface area contributed by atoms with Crippen LogP contribution in [0.25, 0.3) is 0 Å². The number of ether oxygens (including phenoxy) is 1. The van der Waals surface area contributed by atoms with Gasteiger partial charge in [-0.3, -0.25) is 9.59 Å². The maximum Gasteiger partial charge on any atom is 0.257 e. The van der Waals surface area contributed by atoms with E-state index < -0.39 is 0 Å². The summed E-state index contributed by atoms with van der Waals surface area (Å²) in [6.07, 6.45) is 4.61. The number of hydrogen-bond acceptors (Lipinski definition) is 3. The first kappa shape index (κ1) is 17.6. The van der Waals surface area contributed by atoms with Gasteiger partial charge in [0.25, 0.3) is 5.91 Å². The van der Waals surface area contributed by atoms with Gasteiger partial charge in [-0.15, -0.1) is 0 Å². The van der Waals surface area contributed by atoms with Gasteiger partial charge < -0.3 is 15.0 Å². The van der Waals surface area contributed by atoms with Gasteiger partial charge in [0.1, 0.15) is 5.75 Å². The Hall–Kier alpha value is -1.75. The molecule has 1 aliphatic rings. The van der Waals surface area contributed by atoms with Crippen LogP contribution in [0.5, 0.6) is 5.75 Å². The maximum atomic E-state index is 11.8. The Bertz CT molecular complexity index is 519. The fourth-order valence-corrected chi connectivity index (χ4v) is 2.63. The summed E-state index contributed by atoms with van der Waals surface area (Å²) in [4.78, 5) is 25.5. The van der Waals surface area contributed by atoms with E-state index in [1.54, 1.807) is 24.3 Å². The van der Waals surface area contributed by atoms with Crippen molar-refractivity contribution in [1.82, 2.24) is 10.2 Å². The SMILES string of the molecule is O=C(COc1ccc(Cl)cc1)NCCCN1CCCCCC1=O. The third kappa shape index (κ3) is 6.48. The van der Waals surface area contributed by atoms with Gasteiger partial charge in [-0.2, -0.15) is 0 Å². The molecule has 0 atom stereocenters. The van der Waals surface area contributed by atoms with E-state index in [1.807, 2.05) is 4.90 Å². The van der Waals surface area contributed by atoms with Gasteiger partial charge in [-0.25, -0.2) is 0 Å². The molecule has 5 nitrogen and oxygen atoms in total. The minimum Gasteiger partial charge on any atom is -0.484 e. The van der Waals surface area contributed by atoms with Crippen LogP contribution in [0.1, 0.15) is 32.1 Å². The van der Waals surface area contributed by atoms with Crippen molar-refractivity contribution in [2.45, 2.75) is 32.1 Å². The monoisotopic (exact) mass is 338 g/mol. The van der Waals surface area contributed by atoms with Crippen molar-refractivity contribution in [1.29, 1.82) is 0 Å². The zero-order chi connectivity index (χ0) is 16.5. The summed E-state index contributed by atoms with van der Waals surface area (Å²) in [6, 6.07) is 6.88. The summed E-state index contributed by atoms with van der Waals surface area (Å²) in [7, 11) is 0. The summed E-state index contributed by atoms with van der Waals surface area (Å²) in [5, 5.41) is 3.44. The van der Waals surface area contributed by atoms with Crippen LogP contribution in [0.3, 0.4) is 0 Å². The van der Waals surface area contributed by atoms with Crippen LogP contribution < -0.4 is 10.1 Å². The Morgan fingerprint density at radius 1 is 1.22 bits per heavy atom. The second-order valence-electron chi connectivity index (χ2n) is 5.64. The molecule has 0 unspecified atom stereocenters. The second-order valence-corrected chi connectivity index (χ2v) is 6.07. The highest BCUT2D eigenvalue weighted by molar-refractivity contribution is 6.30. The molecule has 1 aromatic carbocycles. The van der Waals surface area contributed by atoms with Gasteiger partial charge in [0.2, 0.25) is 5.91 Å². The summed E-state index contributed by atoms with van der Waals surface area (Å²) in [5.74, 6) is 0.682.